The molecule has 1 aromatic rings. The van der Waals surface area contributed by atoms with Gasteiger partial charge in [-0.05, 0) is 46.6 Å². The summed E-state index contributed by atoms with van der Waals surface area (Å²) >= 11 is 2.07. The fourth-order valence-electron chi connectivity index (χ4n) is 2.44. The van der Waals surface area contributed by atoms with E-state index in [9.17, 15) is 9.90 Å². The van der Waals surface area contributed by atoms with Crippen LogP contribution in [0, 0.1) is 3.57 Å². The molecule has 1 aromatic carbocycles. The van der Waals surface area contributed by atoms with Gasteiger partial charge in [0.1, 0.15) is 5.75 Å². The Morgan fingerprint density at radius 1 is 1.17 bits per heavy atom. The number of carbonyl (C=O) groups is 1. The molecule has 2 N–H and O–H groups in total. The Hall–Kier alpha value is -0.980. The van der Waals surface area contributed by atoms with Gasteiger partial charge in [-0.25, -0.2) is 4.79 Å². The van der Waals surface area contributed by atoms with E-state index in [1.807, 2.05) is 26.8 Å². The Labute approximate surface area is 159 Å². The molecule has 24 heavy (non-hydrogen) atoms. The van der Waals surface area contributed by atoms with Crippen LogP contribution in [0.1, 0.15) is 71.8 Å². The number of ether oxygens (including phenoxy) is 1. The predicted octanol–water partition coefficient (Wildman–Crippen LogP) is 6.20. The normalized spacial score (nSPS) is 11.4. The monoisotopic (exact) mass is 447 g/mol. The first-order valence-corrected chi connectivity index (χ1v) is 9.80. The number of phenolic OH excluding ortho intramolecular Hbond substituents is 1. The summed E-state index contributed by atoms with van der Waals surface area (Å²) in [6, 6.07) is 3.56. The molecule has 0 aliphatic carbocycles. The smallest absolute Gasteiger partial charge is 0.411 e. The largest absolute Gasteiger partial charge is 0.507 e. The predicted molar refractivity (Wildman–Crippen MR) is 108 cm³/mol. The van der Waals surface area contributed by atoms with E-state index in [0.717, 1.165) is 18.4 Å². The van der Waals surface area contributed by atoms with Gasteiger partial charge in [0, 0.05) is 11.3 Å². The molecule has 0 aliphatic rings. The summed E-state index contributed by atoms with van der Waals surface area (Å²) in [7, 11) is 0. The summed E-state index contributed by atoms with van der Waals surface area (Å²) in [4.78, 5) is 11.9. The standard InChI is InChI=1S/C19H30INO3/c1-5-6-7-8-9-10-11-24-18(23)21-14-12-15(19(2,3)4)17(22)16(20)13-14/h12-13,22H,5-11H2,1-4H3,(H,21,23). The molecule has 0 saturated heterocycles. The zero-order valence-electron chi connectivity index (χ0n) is 15.2. The summed E-state index contributed by atoms with van der Waals surface area (Å²) in [5.41, 5.74) is 1.25. The number of nitrogens with one attached hydrogen (secondary N) is 1. The molecule has 1 rings (SSSR count). The molecule has 1 amide bonds. The lowest BCUT2D eigenvalue weighted by Gasteiger charge is -2.22. The van der Waals surface area contributed by atoms with Crippen LogP contribution in [0.3, 0.4) is 0 Å². The van der Waals surface area contributed by atoms with Gasteiger partial charge in [-0.1, -0.05) is 59.8 Å². The van der Waals surface area contributed by atoms with Crippen molar-refractivity contribution in [1.82, 2.24) is 0 Å². The lowest BCUT2D eigenvalue weighted by Crippen LogP contribution is -2.17. The van der Waals surface area contributed by atoms with Crippen LogP contribution in [0.2, 0.25) is 0 Å². The molecule has 0 aliphatic heterocycles. The molecule has 0 saturated carbocycles. The maximum absolute atomic E-state index is 11.9. The quantitative estimate of drug-likeness (QED) is 0.283. The summed E-state index contributed by atoms with van der Waals surface area (Å²) in [6.07, 6.45) is 6.52. The molecule has 136 valence electrons. The second kappa shape index (κ2) is 10.1. The number of hydrogen-bond acceptors (Lipinski definition) is 3. The van der Waals surface area contributed by atoms with E-state index in [4.69, 9.17) is 4.74 Å². The van der Waals surface area contributed by atoms with Gasteiger partial charge in [0.25, 0.3) is 0 Å². The molecule has 0 unspecified atom stereocenters. The van der Waals surface area contributed by atoms with Gasteiger partial charge in [-0.3, -0.25) is 5.32 Å². The third-order valence-corrected chi connectivity index (χ3v) is 4.67. The zero-order chi connectivity index (χ0) is 18.2. The Morgan fingerprint density at radius 3 is 2.42 bits per heavy atom. The maximum atomic E-state index is 11.9. The maximum Gasteiger partial charge on any atom is 0.411 e. The van der Waals surface area contributed by atoms with Crippen molar-refractivity contribution < 1.29 is 14.6 Å². The summed E-state index contributed by atoms with van der Waals surface area (Å²) in [6.45, 7) is 8.72. The van der Waals surface area contributed by atoms with E-state index in [2.05, 4.69) is 34.8 Å². The molecular weight excluding hydrogens is 417 g/mol. The third kappa shape index (κ3) is 7.28. The van der Waals surface area contributed by atoms with Crippen molar-refractivity contribution in [2.45, 2.75) is 71.6 Å². The van der Waals surface area contributed by atoms with E-state index < -0.39 is 6.09 Å². The lowest BCUT2D eigenvalue weighted by molar-refractivity contribution is 0.159. The minimum Gasteiger partial charge on any atom is -0.507 e. The SMILES string of the molecule is CCCCCCCCOC(=O)Nc1cc(I)c(O)c(C(C)(C)C)c1. The van der Waals surface area contributed by atoms with Crippen molar-refractivity contribution in [3.05, 3.63) is 21.3 Å². The number of halogens is 1. The van der Waals surface area contributed by atoms with Crippen LogP contribution in [0.5, 0.6) is 5.75 Å². The molecule has 0 bridgehead atoms. The van der Waals surface area contributed by atoms with Gasteiger partial charge < -0.3 is 9.84 Å². The fraction of sp³-hybridized carbons (Fsp3) is 0.632. The highest BCUT2D eigenvalue weighted by Crippen LogP contribution is 2.36. The number of rotatable bonds is 8. The summed E-state index contributed by atoms with van der Waals surface area (Å²) in [5.74, 6) is 0.272. The van der Waals surface area contributed by atoms with Gasteiger partial charge in [-0.15, -0.1) is 0 Å². The Bertz CT molecular complexity index is 538. The number of phenols is 1. The van der Waals surface area contributed by atoms with Crippen molar-refractivity contribution in [2.75, 3.05) is 11.9 Å². The molecule has 5 heteroatoms. The first-order chi connectivity index (χ1) is 11.3. The Kier molecular flexibility index (Phi) is 8.87. The van der Waals surface area contributed by atoms with Crippen LogP contribution in [0.15, 0.2) is 12.1 Å². The van der Waals surface area contributed by atoms with Gasteiger partial charge in [0.05, 0.1) is 10.2 Å². The highest BCUT2D eigenvalue weighted by Gasteiger charge is 2.21. The van der Waals surface area contributed by atoms with Gasteiger partial charge in [-0.2, -0.15) is 0 Å². The van der Waals surface area contributed by atoms with Crippen LogP contribution in [0.4, 0.5) is 10.5 Å². The first kappa shape index (κ1) is 21.1. The van der Waals surface area contributed by atoms with Crippen LogP contribution in [-0.2, 0) is 10.2 Å². The number of aromatic hydroxyl groups is 1. The third-order valence-electron chi connectivity index (χ3n) is 3.85. The van der Waals surface area contributed by atoms with E-state index in [0.29, 0.717) is 15.9 Å². The molecule has 4 nitrogen and oxygen atoms in total. The van der Waals surface area contributed by atoms with Crippen molar-refractivity contribution in [2.24, 2.45) is 0 Å². The van der Waals surface area contributed by atoms with Crippen molar-refractivity contribution in [3.63, 3.8) is 0 Å². The molecule has 0 radical (unpaired) electrons. The molecule has 0 heterocycles. The Morgan fingerprint density at radius 2 is 1.79 bits per heavy atom. The average Bonchev–Trinajstić information content (AvgIpc) is 2.48. The van der Waals surface area contributed by atoms with E-state index in [-0.39, 0.29) is 11.2 Å². The van der Waals surface area contributed by atoms with Crippen LogP contribution >= 0.6 is 22.6 Å². The minimum absolute atomic E-state index is 0.204. The van der Waals surface area contributed by atoms with Crippen molar-refractivity contribution in [1.29, 1.82) is 0 Å². The van der Waals surface area contributed by atoms with Crippen molar-refractivity contribution >= 4 is 34.4 Å². The number of benzene rings is 1. The molecular formula is C19H30INO3. The minimum atomic E-state index is -0.440. The highest BCUT2D eigenvalue weighted by molar-refractivity contribution is 14.1. The fourth-order valence-corrected chi connectivity index (χ4v) is 3.07. The molecule has 0 fully saturated rings. The number of anilines is 1. The number of hydrogen-bond donors (Lipinski definition) is 2. The average molecular weight is 447 g/mol. The summed E-state index contributed by atoms with van der Waals surface area (Å²) < 4.78 is 5.95. The second-order valence-electron chi connectivity index (χ2n) is 7.13. The molecule has 0 aromatic heterocycles. The number of carbonyl (C=O) groups excluding carboxylic acids is 1. The van der Waals surface area contributed by atoms with Crippen molar-refractivity contribution in [3.8, 4) is 5.75 Å². The van der Waals surface area contributed by atoms with Crippen LogP contribution < -0.4 is 5.32 Å². The first-order valence-electron chi connectivity index (χ1n) is 8.72. The number of amides is 1. The lowest BCUT2D eigenvalue weighted by atomic mass is 9.86. The zero-order valence-corrected chi connectivity index (χ0v) is 17.4. The van der Waals surface area contributed by atoms with Gasteiger partial charge in [0.15, 0.2) is 0 Å². The molecule has 0 spiro atoms. The second-order valence-corrected chi connectivity index (χ2v) is 8.30. The van der Waals surface area contributed by atoms with E-state index >= 15 is 0 Å². The topological polar surface area (TPSA) is 58.6 Å². The summed E-state index contributed by atoms with van der Waals surface area (Å²) in [5, 5.41) is 13.0. The van der Waals surface area contributed by atoms with E-state index in [1.165, 1.54) is 25.7 Å². The van der Waals surface area contributed by atoms with Gasteiger partial charge >= 0.3 is 6.09 Å². The Balaban J connectivity index is 2.49. The highest BCUT2D eigenvalue weighted by atomic mass is 127. The van der Waals surface area contributed by atoms with Crippen LogP contribution in [-0.4, -0.2) is 17.8 Å². The molecule has 0 atom stereocenters. The van der Waals surface area contributed by atoms with Crippen LogP contribution in [0.25, 0.3) is 0 Å². The number of unbranched alkanes of at least 4 members (excludes halogenated alkanes) is 5. The van der Waals surface area contributed by atoms with E-state index in [1.54, 1.807) is 6.07 Å². The van der Waals surface area contributed by atoms with Gasteiger partial charge in [0.2, 0.25) is 0 Å².